The summed E-state index contributed by atoms with van der Waals surface area (Å²) >= 11 is 1.39. The summed E-state index contributed by atoms with van der Waals surface area (Å²) in [6, 6.07) is 6.97. The number of nitrogens with one attached hydrogen (secondary N) is 2. The lowest BCUT2D eigenvalue weighted by atomic mass is 10.1. The molecule has 0 bridgehead atoms. The standard InChI is InChI=1S/C16H18N2O3S/c1-9-10(2)22-16(13(9)15(20)17-3)18-14(19)11-7-5-6-8-12(11)21-4/h5-8H,1-4H3,(H,17,20)(H,18,19). The summed E-state index contributed by atoms with van der Waals surface area (Å²) in [5, 5.41) is 5.97. The van der Waals surface area contributed by atoms with Crippen molar-refractivity contribution in [2.24, 2.45) is 0 Å². The second-order valence-electron chi connectivity index (χ2n) is 4.72. The number of hydrogen-bond acceptors (Lipinski definition) is 4. The van der Waals surface area contributed by atoms with Crippen LogP contribution in [-0.2, 0) is 0 Å². The van der Waals surface area contributed by atoms with E-state index in [2.05, 4.69) is 10.6 Å². The largest absolute Gasteiger partial charge is 0.496 e. The molecular weight excluding hydrogens is 300 g/mol. The highest BCUT2D eigenvalue weighted by atomic mass is 32.1. The number of carbonyl (C=O) groups is 2. The highest BCUT2D eigenvalue weighted by molar-refractivity contribution is 7.16. The van der Waals surface area contributed by atoms with Crippen molar-refractivity contribution in [1.82, 2.24) is 5.32 Å². The van der Waals surface area contributed by atoms with Gasteiger partial charge in [-0.05, 0) is 31.5 Å². The average molecular weight is 318 g/mol. The minimum Gasteiger partial charge on any atom is -0.496 e. The number of carbonyl (C=O) groups excluding carboxylic acids is 2. The molecule has 0 unspecified atom stereocenters. The van der Waals surface area contributed by atoms with Gasteiger partial charge in [0.15, 0.2) is 0 Å². The molecular formula is C16H18N2O3S. The highest BCUT2D eigenvalue weighted by Crippen LogP contribution is 2.33. The zero-order chi connectivity index (χ0) is 16.3. The summed E-state index contributed by atoms with van der Waals surface area (Å²) in [6.45, 7) is 3.79. The van der Waals surface area contributed by atoms with Gasteiger partial charge in [0, 0.05) is 11.9 Å². The summed E-state index contributed by atoms with van der Waals surface area (Å²) in [7, 11) is 3.09. The van der Waals surface area contributed by atoms with Gasteiger partial charge in [-0.1, -0.05) is 12.1 Å². The molecule has 22 heavy (non-hydrogen) atoms. The van der Waals surface area contributed by atoms with Crippen molar-refractivity contribution >= 4 is 28.2 Å². The molecule has 2 N–H and O–H groups in total. The third-order valence-electron chi connectivity index (χ3n) is 3.42. The zero-order valence-electron chi connectivity index (χ0n) is 12.9. The van der Waals surface area contributed by atoms with E-state index in [0.29, 0.717) is 21.9 Å². The van der Waals surface area contributed by atoms with E-state index >= 15 is 0 Å². The van der Waals surface area contributed by atoms with E-state index in [1.807, 2.05) is 13.8 Å². The SMILES string of the molecule is CNC(=O)c1c(NC(=O)c2ccccc2OC)sc(C)c1C. The van der Waals surface area contributed by atoms with Crippen molar-refractivity contribution in [3.05, 3.63) is 45.8 Å². The van der Waals surface area contributed by atoms with Crippen molar-refractivity contribution in [3.63, 3.8) is 0 Å². The molecule has 2 aromatic rings. The molecule has 0 atom stereocenters. The smallest absolute Gasteiger partial charge is 0.260 e. The first-order chi connectivity index (χ1) is 10.5. The number of thiophene rings is 1. The topological polar surface area (TPSA) is 67.4 Å². The van der Waals surface area contributed by atoms with Crippen LogP contribution in [0.2, 0.25) is 0 Å². The molecule has 116 valence electrons. The van der Waals surface area contributed by atoms with Crippen LogP contribution in [0.25, 0.3) is 0 Å². The number of para-hydroxylation sites is 1. The molecule has 1 aromatic carbocycles. The van der Waals surface area contributed by atoms with Crippen LogP contribution in [0, 0.1) is 13.8 Å². The van der Waals surface area contributed by atoms with Crippen molar-refractivity contribution in [3.8, 4) is 5.75 Å². The fraction of sp³-hybridized carbons (Fsp3) is 0.250. The zero-order valence-corrected chi connectivity index (χ0v) is 13.8. The minimum absolute atomic E-state index is 0.211. The number of rotatable bonds is 4. The lowest BCUT2D eigenvalue weighted by molar-refractivity contribution is 0.0963. The molecule has 0 radical (unpaired) electrons. The average Bonchev–Trinajstić information content (AvgIpc) is 2.80. The monoisotopic (exact) mass is 318 g/mol. The maximum Gasteiger partial charge on any atom is 0.260 e. The van der Waals surface area contributed by atoms with Gasteiger partial charge in [0.25, 0.3) is 11.8 Å². The van der Waals surface area contributed by atoms with Gasteiger partial charge in [-0.3, -0.25) is 9.59 Å². The quantitative estimate of drug-likeness (QED) is 0.910. The van der Waals surface area contributed by atoms with Gasteiger partial charge in [-0.15, -0.1) is 11.3 Å². The molecule has 0 saturated heterocycles. The molecule has 0 aliphatic rings. The van der Waals surface area contributed by atoms with E-state index in [0.717, 1.165) is 10.4 Å². The van der Waals surface area contributed by atoms with Crippen molar-refractivity contribution in [2.45, 2.75) is 13.8 Å². The first-order valence-corrected chi connectivity index (χ1v) is 7.57. The Balaban J connectivity index is 2.37. The van der Waals surface area contributed by atoms with E-state index < -0.39 is 0 Å². The van der Waals surface area contributed by atoms with E-state index in [4.69, 9.17) is 4.74 Å². The number of amides is 2. The lowest BCUT2D eigenvalue weighted by Gasteiger charge is -2.09. The second-order valence-corrected chi connectivity index (χ2v) is 5.95. The van der Waals surface area contributed by atoms with Crippen LogP contribution >= 0.6 is 11.3 Å². The first kappa shape index (κ1) is 16.0. The molecule has 6 heteroatoms. The highest BCUT2D eigenvalue weighted by Gasteiger charge is 2.21. The molecule has 1 heterocycles. The molecule has 0 saturated carbocycles. The van der Waals surface area contributed by atoms with Gasteiger partial charge >= 0.3 is 0 Å². The van der Waals surface area contributed by atoms with E-state index in [1.165, 1.54) is 18.4 Å². The van der Waals surface area contributed by atoms with E-state index in [-0.39, 0.29) is 11.8 Å². The summed E-state index contributed by atoms with van der Waals surface area (Å²) < 4.78 is 5.20. The normalized spacial score (nSPS) is 10.2. The van der Waals surface area contributed by atoms with Gasteiger partial charge in [-0.2, -0.15) is 0 Å². The van der Waals surface area contributed by atoms with E-state index in [9.17, 15) is 9.59 Å². The minimum atomic E-state index is -0.302. The summed E-state index contributed by atoms with van der Waals surface area (Å²) in [5.74, 6) is -0.0208. The Hall–Kier alpha value is -2.34. The van der Waals surface area contributed by atoms with Crippen LogP contribution < -0.4 is 15.4 Å². The van der Waals surface area contributed by atoms with Crippen molar-refractivity contribution < 1.29 is 14.3 Å². The van der Waals surface area contributed by atoms with Crippen molar-refractivity contribution in [1.29, 1.82) is 0 Å². The van der Waals surface area contributed by atoms with Gasteiger partial charge in [0.2, 0.25) is 0 Å². The molecule has 5 nitrogen and oxygen atoms in total. The Morgan fingerprint density at radius 3 is 2.45 bits per heavy atom. The van der Waals surface area contributed by atoms with Gasteiger partial charge in [-0.25, -0.2) is 0 Å². The maximum absolute atomic E-state index is 12.5. The van der Waals surface area contributed by atoms with E-state index in [1.54, 1.807) is 31.3 Å². The van der Waals surface area contributed by atoms with Crippen LogP contribution in [0.5, 0.6) is 5.75 Å². The number of hydrogen-bond donors (Lipinski definition) is 2. The third kappa shape index (κ3) is 2.96. The predicted molar refractivity (Wildman–Crippen MR) is 88.1 cm³/mol. The molecule has 0 aliphatic heterocycles. The number of ether oxygens (including phenoxy) is 1. The summed E-state index contributed by atoms with van der Waals surface area (Å²) in [6.07, 6.45) is 0. The van der Waals surface area contributed by atoms with Crippen LogP contribution in [0.15, 0.2) is 24.3 Å². The maximum atomic E-state index is 12.5. The van der Waals surface area contributed by atoms with Crippen LogP contribution in [0.4, 0.5) is 5.00 Å². The van der Waals surface area contributed by atoms with Gasteiger partial charge in [0.05, 0.1) is 18.2 Å². The third-order valence-corrected chi connectivity index (χ3v) is 4.54. The summed E-state index contributed by atoms with van der Waals surface area (Å²) in [4.78, 5) is 25.5. The van der Waals surface area contributed by atoms with Crippen molar-refractivity contribution in [2.75, 3.05) is 19.5 Å². The number of anilines is 1. The Morgan fingerprint density at radius 1 is 1.14 bits per heavy atom. The fourth-order valence-electron chi connectivity index (χ4n) is 2.12. The molecule has 0 fully saturated rings. The number of methoxy groups -OCH3 is 1. The number of aryl methyl sites for hydroxylation is 1. The molecule has 2 rings (SSSR count). The van der Waals surface area contributed by atoms with Gasteiger partial charge in [0.1, 0.15) is 10.8 Å². The van der Waals surface area contributed by atoms with Crippen LogP contribution in [0.1, 0.15) is 31.2 Å². The second kappa shape index (κ2) is 6.62. The number of benzene rings is 1. The fourth-order valence-corrected chi connectivity index (χ4v) is 3.17. The van der Waals surface area contributed by atoms with Crippen LogP contribution in [0.3, 0.4) is 0 Å². The molecule has 2 amide bonds. The van der Waals surface area contributed by atoms with Gasteiger partial charge < -0.3 is 15.4 Å². The Morgan fingerprint density at radius 2 is 1.82 bits per heavy atom. The molecule has 0 spiro atoms. The Bertz CT molecular complexity index is 722. The lowest BCUT2D eigenvalue weighted by Crippen LogP contribution is -2.21. The first-order valence-electron chi connectivity index (χ1n) is 6.76. The molecule has 0 aliphatic carbocycles. The molecule has 1 aromatic heterocycles. The Kier molecular flexibility index (Phi) is 4.82. The Labute approximate surface area is 133 Å². The summed E-state index contributed by atoms with van der Waals surface area (Å²) in [5.41, 5.74) is 1.81. The van der Waals surface area contributed by atoms with Crippen LogP contribution in [-0.4, -0.2) is 26.0 Å². The predicted octanol–water partition coefficient (Wildman–Crippen LogP) is 2.99.